The lowest BCUT2D eigenvalue weighted by molar-refractivity contribution is -0.156. The lowest BCUT2D eigenvalue weighted by Gasteiger charge is -2.36. The summed E-state index contributed by atoms with van der Waals surface area (Å²) in [6, 6.07) is 0. The third-order valence-electron chi connectivity index (χ3n) is 28.0. The summed E-state index contributed by atoms with van der Waals surface area (Å²) in [5.41, 5.74) is 0. The van der Waals surface area contributed by atoms with Crippen LogP contribution in [0, 0.1) is 101 Å². The third-order valence-corrected chi connectivity index (χ3v) is 37.8. The van der Waals surface area contributed by atoms with E-state index in [1.54, 1.807) is 0 Å². The molecule has 19 nitrogen and oxygen atoms in total. The van der Waals surface area contributed by atoms with E-state index >= 15 is 0 Å². The van der Waals surface area contributed by atoms with Crippen molar-refractivity contribution in [3.8, 4) is 0 Å². The maximum atomic E-state index is 13.8. The standard InChI is InChI=1S/C105H191N3O16S6/c1-21-65-125-94-71-88(34-30-84(94)28-26-82(18)78(10)11)102(113)121-61-57-117-98(109)42-53-107(54-43-99(110)118-58-62-122-103(114)89-35-31-85(29-27-83(19)79(12)13)95(72-89)126-66-22-2)51-24-49-106(20)50-25-52-108(55-44-100(111)119-59-63-123-104(115)90-36-32-86(96(73-90)127-67-23-3)38-40-92(80(14)15)128-68-46-75(4)5)56-45-101(112)120-60-64-124-105(116)91-37-33-87(97(74-91)130-70-48-77(8)9)39-41-93(81(16)17)129-69-47-76(6)7/h75-97H,21-74H2,1-20H3. The minimum absolute atomic E-state index is 0.00940. The second kappa shape index (κ2) is 71.2. The Morgan fingerprint density at radius 1 is 0.292 bits per heavy atom. The predicted octanol–water partition coefficient (Wildman–Crippen LogP) is 23.9. The number of thioether (sulfide) groups is 6. The smallest absolute Gasteiger partial charge is 0.309 e. The molecule has 0 spiro atoms. The SMILES string of the molecule is CCCSC1CC(C(=O)OCCOC(=O)CCN(CCCN(C)CCCN(CCC(=O)OCCOC(=O)C2CCC(CCC(SCCC(C)C)C(C)C)C(SCCC)C2)CCC(=O)OCCOC(=O)C2CCC(CCC(SCCC(C)C)C(C)C)C(SCCC(C)C)C2)CCC(=O)OCCOC(=O)C2CCC(CCC(C)C(C)C)C(SCCC)C2)CCC1CCC(C)C(C)C. The van der Waals surface area contributed by atoms with Crippen molar-refractivity contribution in [2.24, 2.45) is 101 Å². The number of hydrogen-bond donors (Lipinski definition) is 0. The number of hydrogen-bond acceptors (Lipinski definition) is 25. The number of esters is 8. The molecule has 25 heteroatoms. The molecule has 0 aromatic carbocycles. The summed E-state index contributed by atoms with van der Waals surface area (Å²) in [6.45, 7) is 47.3. The van der Waals surface area contributed by atoms with Crippen LogP contribution in [-0.2, 0) is 76.3 Å². The quantitative estimate of drug-likeness (QED) is 0.0314. The fraction of sp³-hybridized carbons (Fsp3) is 0.924. The van der Waals surface area contributed by atoms with Crippen LogP contribution >= 0.6 is 70.6 Å². The van der Waals surface area contributed by atoms with Crippen LogP contribution in [-0.4, -0.2) is 241 Å². The lowest BCUT2D eigenvalue weighted by atomic mass is 9.78. The van der Waals surface area contributed by atoms with E-state index < -0.39 is 23.9 Å². The minimum atomic E-state index is -0.423. The van der Waals surface area contributed by atoms with Crippen LogP contribution in [0.5, 0.6) is 0 Å². The average Bonchev–Trinajstić information content (AvgIpc) is 0.514. The van der Waals surface area contributed by atoms with Gasteiger partial charge in [0.05, 0.1) is 49.4 Å². The fourth-order valence-electron chi connectivity index (χ4n) is 18.4. The zero-order chi connectivity index (χ0) is 95.7. The van der Waals surface area contributed by atoms with Crippen molar-refractivity contribution >= 4 is 118 Å². The van der Waals surface area contributed by atoms with E-state index in [0.717, 1.165) is 126 Å². The van der Waals surface area contributed by atoms with Gasteiger partial charge in [0.15, 0.2) is 0 Å². The highest BCUT2D eigenvalue weighted by Crippen LogP contribution is 2.46. The number of carbonyl (C=O) groups is 8. The Hall–Kier alpha value is -2.26. The molecule has 130 heavy (non-hydrogen) atoms. The summed E-state index contributed by atoms with van der Waals surface area (Å²) < 4.78 is 46.0. The normalized spacial score (nSPS) is 22.5. The Bertz CT molecular complexity index is 2940. The van der Waals surface area contributed by atoms with Crippen LogP contribution in [0.2, 0.25) is 0 Å². The summed E-state index contributed by atoms with van der Waals surface area (Å²) >= 11 is 12.4. The molecule has 4 fully saturated rings. The monoisotopic (exact) mass is 1940 g/mol. The third kappa shape index (κ3) is 53.2. The predicted molar refractivity (Wildman–Crippen MR) is 550 cm³/mol. The van der Waals surface area contributed by atoms with Crippen LogP contribution in [0.4, 0.5) is 0 Å². The van der Waals surface area contributed by atoms with Crippen molar-refractivity contribution in [2.75, 3.05) is 147 Å². The molecule has 0 bridgehead atoms. The van der Waals surface area contributed by atoms with E-state index in [2.05, 4.69) is 170 Å². The van der Waals surface area contributed by atoms with Gasteiger partial charge in [0, 0.05) is 57.7 Å². The molecular weight excluding hydrogens is 1750 g/mol. The van der Waals surface area contributed by atoms with Crippen molar-refractivity contribution in [3.63, 3.8) is 0 Å². The van der Waals surface area contributed by atoms with Crippen molar-refractivity contribution in [1.29, 1.82) is 0 Å². The molecule has 4 rings (SSSR count). The first kappa shape index (κ1) is 120. The minimum Gasteiger partial charge on any atom is -0.462 e. The second-order valence-corrected chi connectivity index (χ2v) is 49.7. The fourth-order valence-corrected chi connectivity index (χ4v) is 27.8. The molecule has 0 amide bonds. The first-order chi connectivity index (χ1) is 62.2. The molecule has 0 N–H and O–H groups in total. The van der Waals surface area contributed by atoms with Crippen LogP contribution in [0.15, 0.2) is 0 Å². The lowest BCUT2D eigenvalue weighted by Crippen LogP contribution is -2.35. The molecule has 0 radical (unpaired) electrons. The molecule has 0 aromatic heterocycles. The number of rotatable bonds is 73. The molecule has 758 valence electrons. The molecule has 16 atom stereocenters. The van der Waals surface area contributed by atoms with Gasteiger partial charge in [-0.3, -0.25) is 38.4 Å². The van der Waals surface area contributed by atoms with Gasteiger partial charge in [0.1, 0.15) is 52.9 Å². The number of carbonyl (C=O) groups excluding carboxylic acids is 8. The van der Waals surface area contributed by atoms with Gasteiger partial charge >= 0.3 is 47.8 Å². The second-order valence-electron chi connectivity index (χ2n) is 41.6. The van der Waals surface area contributed by atoms with Gasteiger partial charge < -0.3 is 52.6 Å². The largest absolute Gasteiger partial charge is 0.462 e. The maximum Gasteiger partial charge on any atom is 0.309 e. The molecule has 0 aliphatic heterocycles. The Labute approximate surface area is 819 Å². The van der Waals surface area contributed by atoms with Crippen LogP contribution in [0.3, 0.4) is 0 Å². The first-order valence-corrected chi connectivity index (χ1v) is 58.6. The Kier molecular flexibility index (Phi) is 65.8. The molecule has 0 saturated heterocycles. The highest BCUT2D eigenvalue weighted by Gasteiger charge is 2.40. The Morgan fingerprint density at radius 3 is 0.800 bits per heavy atom. The van der Waals surface area contributed by atoms with E-state index in [0.29, 0.717) is 174 Å². The number of ether oxygens (including phenoxy) is 8. The van der Waals surface area contributed by atoms with Gasteiger partial charge in [0.2, 0.25) is 0 Å². The van der Waals surface area contributed by atoms with E-state index in [9.17, 15) is 38.4 Å². The molecule has 0 heterocycles. The summed E-state index contributed by atoms with van der Waals surface area (Å²) in [4.78, 5) is 115. The molecular formula is C105H191N3O16S6. The average molecular weight is 1940 g/mol. The van der Waals surface area contributed by atoms with Crippen molar-refractivity contribution < 1.29 is 76.3 Å². The topological polar surface area (TPSA) is 220 Å². The van der Waals surface area contributed by atoms with Crippen molar-refractivity contribution in [1.82, 2.24) is 14.7 Å². The van der Waals surface area contributed by atoms with Crippen molar-refractivity contribution in [2.45, 2.75) is 369 Å². The van der Waals surface area contributed by atoms with Gasteiger partial charge in [-0.2, -0.15) is 70.6 Å². The van der Waals surface area contributed by atoms with Gasteiger partial charge in [-0.1, -0.05) is 144 Å². The summed E-state index contributed by atoms with van der Waals surface area (Å²) in [5.74, 6) is 11.8. The van der Waals surface area contributed by atoms with Crippen LogP contribution in [0.25, 0.3) is 0 Å². The van der Waals surface area contributed by atoms with Gasteiger partial charge in [0.25, 0.3) is 0 Å². The summed E-state index contributed by atoms with van der Waals surface area (Å²) in [7, 11) is 2.05. The zero-order valence-corrected chi connectivity index (χ0v) is 90.7. The highest BCUT2D eigenvalue weighted by molar-refractivity contribution is 8.01. The summed E-state index contributed by atoms with van der Waals surface area (Å²) in [6.07, 6.45) is 28.7. The molecule has 16 unspecified atom stereocenters. The molecule has 4 aliphatic carbocycles. The van der Waals surface area contributed by atoms with E-state index in [4.69, 9.17) is 37.9 Å². The van der Waals surface area contributed by atoms with Crippen LogP contribution in [0.1, 0.15) is 337 Å². The molecule has 4 saturated carbocycles. The maximum absolute atomic E-state index is 13.8. The van der Waals surface area contributed by atoms with E-state index in [1.165, 1.54) is 75.7 Å². The summed E-state index contributed by atoms with van der Waals surface area (Å²) in [5, 5.41) is 2.96. The van der Waals surface area contributed by atoms with Gasteiger partial charge in [-0.05, 0) is 312 Å². The highest BCUT2D eigenvalue weighted by atomic mass is 32.2. The Morgan fingerprint density at radius 2 is 0.546 bits per heavy atom. The zero-order valence-electron chi connectivity index (χ0n) is 85.8. The van der Waals surface area contributed by atoms with E-state index in [1.807, 2.05) is 54.1 Å². The van der Waals surface area contributed by atoms with Crippen molar-refractivity contribution in [3.05, 3.63) is 0 Å². The van der Waals surface area contributed by atoms with Crippen LogP contribution < -0.4 is 0 Å². The molecule has 0 aromatic rings. The first-order valence-electron chi connectivity index (χ1n) is 52.3. The molecule has 4 aliphatic rings. The van der Waals surface area contributed by atoms with E-state index in [-0.39, 0.29) is 126 Å². The van der Waals surface area contributed by atoms with Gasteiger partial charge in [-0.15, -0.1) is 0 Å². The number of nitrogens with zero attached hydrogens (tertiary/aromatic N) is 3. The Balaban J connectivity index is 1.38. The van der Waals surface area contributed by atoms with Gasteiger partial charge in [-0.25, -0.2) is 0 Å².